The number of nitrogen functional groups attached to an aromatic ring is 1. The maximum absolute atomic E-state index is 13.0. The molecule has 1 heterocycles. The molecular weight excluding hydrogens is 321 g/mol. The summed E-state index contributed by atoms with van der Waals surface area (Å²) in [6.45, 7) is -0.217. The first-order valence-corrected chi connectivity index (χ1v) is 6.23. The molecule has 1 aromatic heterocycles. The number of rotatable bonds is 3. The highest BCUT2D eigenvalue weighted by Gasteiger charge is 2.32. The van der Waals surface area contributed by atoms with Gasteiger partial charge in [0.05, 0.1) is 11.1 Å². The molecule has 1 amide bonds. The van der Waals surface area contributed by atoms with Crippen molar-refractivity contribution in [2.75, 3.05) is 5.73 Å². The van der Waals surface area contributed by atoms with Gasteiger partial charge in [0.25, 0.3) is 5.91 Å². The van der Waals surface area contributed by atoms with Crippen molar-refractivity contribution >= 4 is 11.7 Å². The summed E-state index contributed by atoms with van der Waals surface area (Å²) in [5, 5.41) is 2.27. The van der Waals surface area contributed by atoms with Crippen molar-refractivity contribution in [2.45, 2.75) is 12.7 Å². The zero-order valence-corrected chi connectivity index (χ0v) is 11.4. The molecule has 4 nitrogen and oxygen atoms in total. The van der Waals surface area contributed by atoms with Crippen molar-refractivity contribution < 1.29 is 26.7 Å². The first kappa shape index (κ1) is 16.7. The van der Waals surface area contributed by atoms with Gasteiger partial charge >= 0.3 is 6.18 Å². The third kappa shape index (κ3) is 3.93. The van der Waals surface area contributed by atoms with Crippen LogP contribution in [0.25, 0.3) is 0 Å². The largest absolute Gasteiger partial charge is 0.417 e. The van der Waals surface area contributed by atoms with Crippen LogP contribution in [0, 0.1) is 11.6 Å². The molecule has 0 spiro atoms. The van der Waals surface area contributed by atoms with Crippen LogP contribution in [0.3, 0.4) is 0 Å². The maximum Gasteiger partial charge on any atom is 0.417 e. The Kier molecular flexibility index (Phi) is 4.48. The molecule has 0 atom stereocenters. The number of amides is 1. The van der Waals surface area contributed by atoms with Crippen molar-refractivity contribution in [3.63, 3.8) is 0 Å². The molecule has 0 unspecified atom stereocenters. The van der Waals surface area contributed by atoms with E-state index in [1.54, 1.807) is 0 Å². The number of hydrogen-bond acceptors (Lipinski definition) is 3. The Hall–Kier alpha value is -2.71. The molecule has 0 saturated heterocycles. The quantitative estimate of drug-likeness (QED) is 0.850. The number of pyridine rings is 1. The Balaban J connectivity index is 2.15. The van der Waals surface area contributed by atoms with Crippen LogP contribution >= 0.6 is 0 Å². The van der Waals surface area contributed by atoms with E-state index in [2.05, 4.69) is 10.3 Å². The average Bonchev–Trinajstić information content (AvgIpc) is 2.47. The van der Waals surface area contributed by atoms with Gasteiger partial charge in [0.15, 0.2) is 11.6 Å². The standard InChI is InChI=1S/C14H10F5N3O/c15-10-2-1-7(3-11(10)16)5-22-13(23)9-4-8(14(17,18)19)6-21-12(9)20/h1-4,6H,5H2,(H2,20,21)(H,22,23). The van der Waals surface area contributed by atoms with E-state index in [1.807, 2.05) is 0 Å². The van der Waals surface area contributed by atoms with Crippen LogP contribution in [0.15, 0.2) is 30.5 Å². The number of aromatic nitrogens is 1. The second kappa shape index (κ2) is 6.19. The molecule has 2 rings (SSSR count). The number of carbonyl (C=O) groups excluding carboxylic acids is 1. The number of hydrogen-bond donors (Lipinski definition) is 2. The summed E-state index contributed by atoms with van der Waals surface area (Å²) in [7, 11) is 0. The van der Waals surface area contributed by atoms with E-state index in [0.717, 1.165) is 12.1 Å². The number of carbonyl (C=O) groups is 1. The lowest BCUT2D eigenvalue weighted by Gasteiger charge is -2.11. The van der Waals surface area contributed by atoms with E-state index in [9.17, 15) is 26.7 Å². The van der Waals surface area contributed by atoms with Crippen molar-refractivity contribution in [3.8, 4) is 0 Å². The molecule has 0 fully saturated rings. The molecule has 0 bridgehead atoms. The monoisotopic (exact) mass is 331 g/mol. The summed E-state index contributed by atoms with van der Waals surface area (Å²) in [5.41, 5.74) is 4.05. The van der Waals surface area contributed by atoms with Crippen LogP contribution in [-0.4, -0.2) is 10.9 Å². The molecule has 23 heavy (non-hydrogen) atoms. The van der Waals surface area contributed by atoms with Gasteiger partial charge in [-0.1, -0.05) is 6.07 Å². The fourth-order valence-electron chi connectivity index (χ4n) is 1.74. The first-order valence-electron chi connectivity index (χ1n) is 6.23. The normalized spacial score (nSPS) is 11.3. The van der Waals surface area contributed by atoms with Gasteiger partial charge in [-0.3, -0.25) is 4.79 Å². The molecular formula is C14H10F5N3O. The Labute approximate surface area is 127 Å². The molecule has 0 aliphatic rings. The number of nitrogens with zero attached hydrogens (tertiary/aromatic N) is 1. The molecule has 0 aliphatic carbocycles. The van der Waals surface area contributed by atoms with Crippen LogP contribution in [0.1, 0.15) is 21.5 Å². The van der Waals surface area contributed by atoms with E-state index in [4.69, 9.17) is 5.73 Å². The predicted octanol–water partition coefficient (Wildman–Crippen LogP) is 2.89. The van der Waals surface area contributed by atoms with E-state index >= 15 is 0 Å². The number of halogens is 5. The third-order valence-electron chi connectivity index (χ3n) is 2.93. The van der Waals surface area contributed by atoms with Crippen LogP contribution in [-0.2, 0) is 12.7 Å². The second-order valence-electron chi connectivity index (χ2n) is 4.59. The molecule has 0 aliphatic heterocycles. The molecule has 3 N–H and O–H groups in total. The number of nitrogens with one attached hydrogen (secondary N) is 1. The van der Waals surface area contributed by atoms with E-state index in [-0.39, 0.29) is 17.9 Å². The summed E-state index contributed by atoms with van der Waals surface area (Å²) >= 11 is 0. The van der Waals surface area contributed by atoms with Crippen molar-refractivity contribution in [1.82, 2.24) is 10.3 Å². The minimum atomic E-state index is -4.67. The summed E-state index contributed by atoms with van der Waals surface area (Å²) in [6.07, 6.45) is -4.16. The molecule has 0 saturated carbocycles. The molecule has 1 aromatic carbocycles. The van der Waals surface area contributed by atoms with Gasteiger partial charge in [0, 0.05) is 12.7 Å². The van der Waals surface area contributed by atoms with Crippen molar-refractivity contribution in [1.29, 1.82) is 0 Å². The predicted molar refractivity (Wildman–Crippen MR) is 71.2 cm³/mol. The van der Waals surface area contributed by atoms with E-state index in [1.165, 1.54) is 6.07 Å². The van der Waals surface area contributed by atoms with Crippen molar-refractivity contribution in [2.24, 2.45) is 0 Å². The van der Waals surface area contributed by atoms with Gasteiger partial charge < -0.3 is 11.1 Å². The number of anilines is 1. The summed E-state index contributed by atoms with van der Waals surface area (Å²) in [6, 6.07) is 3.54. The Morgan fingerprint density at radius 1 is 1.17 bits per heavy atom. The van der Waals surface area contributed by atoms with Gasteiger partial charge in [0.1, 0.15) is 5.82 Å². The topological polar surface area (TPSA) is 68.0 Å². The lowest BCUT2D eigenvalue weighted by molar-refractivity contribution is -0.137. The average molecular weight is 331 g/mol. The lowest BCUT2D eigenvalue weighted by atomic mass is 10.1. The lowest BCUT2D eigenvalue weighted by Crippen LogP contribution is -2.25. The summed E-state index contributed by atoms with van der Waals surface area (Å²) in [4.78, 5) is 15.2. The van der Waals surface area contributed by atoms with Crippen LogP contribution in [0.2, 0.25) is 0 Å². The van der Waals surface area contributed by atoms with Gasteiger partial charge in [-0.2, -0.15) is 13.2 Å². The molecule has 9 heteroatoms. The number of alkyl halides is 3. The van der Waals surface area contributed by atoms with Gasteiger partial charge in [-0.15, -0.1) is 0 Å². The van der Waals surface area contributed by atoms with Crippen LogP contribution < -0.4 is 11.1 Å². The van der Waals surface area contributed by atoms with Crippen molar-refractivity contribution in [3.05, 3.63) is 58.8 Å². The fourth-order valence-corrected chi connectivity index (χ4v) is 1.74. The zero-order valence-electron chi connectivity index (χ0n) is 11.4. The fraction of sp³-hybridized carbons (Fsp3) is 0.143. The van der Waals surface area contributed by atoms with Gasteiger partial charge in [0.2, 0.25) is 0 Å². The smallest absolute Gasteiger partial charge is 0.383 e. The molecule has 0 radical (unpaired) electrons. The van der Waals surface area contributed by atoms with Gasteiger partial charge in [-0.05, 0) is 23.8 Å². The number of nitrogens with two attached hydrogens (primary N) is 1. The van der Waals surface area contributed by atoms with Crippen LogP contribution in [0.4, 0.5) is 27.8 Å². The minimum absolute atomic E-state index is 0.217. The van der Waals surface area contributed by atoms with E-state index < -0.39 is 34.8 Å². The number of benzene rings is 1. The minimum Gasteiger partial charge on any atom is -0.383 e. The maximum atomic E-state index is 13.0. The molecule has 2 aromatic rings. The highest BCUT2D eigenvalue weighted by atomic mass is 19.4. The van der Waals surface area contributed by atoms with Gasteiger partial charge in [-0.25, -0.2) is 13.8 Å². The third-order valence-corrected chi connectivity index (χ3v) is 2.93. The summed E-state index contributed by atoms with van der Waals surface area (Å²) in [5.74, 6) is -3.44. The second-order valence-corrected chi connectivity index (χ2v) is 4.59. The van der Waals surface area contributed by atoms with Crippen LogP contribution in [0.5, 0.6) is 0 Å². The Morgan fingerprint density at radius 2 is 1.87 bits per heavy atom. The highest BCUT2D eigenvalue weighted by molar-refractivity contribution is 5.98. The SMILES string of the molecule is Nc1ncc(C(F)(F)F)cc1C(=O)NCc1ccc(F)c(F)c1. The highest BCUT2D eigenvalue weighted by Crippen LogP contribution is 2.30. The first-order chi connectivity index (χ1) is 10.7. The molecule has 122 valence electrons. The Morgan fingerprint density at radius 3 is 2.48 bits per heavy atom. The zero-order chi connectivity index (χ0) is 17.2. The Bertz CT molecular complexity index is 746. The summed E-state index contributed by atoms with van der Waals surface area (Å²) < 4.78 is 63.6. The van der Waals surface area contributed by atoms with E-state index in [0.29, 0.717) is 12.3 Å².